The molecule has 0 fully saturated rings. The van der Waals surface area contributed by atoms with E-state index in [1.54, 1.807) is 0 Å². The summed E-state index contributed by atoms with van der Waals surface area (Å²) in [5.74, 6) is 1.03. The van der Waals surface area contributed by atoms with Crippen molar-refractivity contribution in [3.05, 3.63) is 53.6 Å². The van der Waals surface area contributed by atoms with E-state index in [1.165, 1.54) is 5.56 Å². The highest BCUT2D eigenvalue weighted by atomic mass is 79.9. The Labute approximate surface area is 112 Å². The molecule has 0 aliphatic rings. The van der Waals surface area contributed by atoms with E-state index in [4.69, 9.17) is 0 Å². The molecule has 0 saturated heterocycles. The Kier molecular flexibility index (Phi) is 3.82. The lowest BCUT2D eigenvalue weighted by molar-refractivity contribution is 0.761. The Morgan fingerprint density at radius 3 is 2.50 bits per heavy atom. The van der Waals surface area contributed by atoms with Gasteiger partial charge in [0.2, 0.25) is 0 Å². The smallest absolute Gasteiger partial charge is 0.113 e. The van der Waals surface area contributed by atoms with E-state index in [0.717, 1.165) is 18.1 Å². The zero-order valence-corrected chi connectivity index (χ0v) is 12.1. The second kappa shape index (κ2) is 5.15. The molecule has 0 bridgehead atoms. The van der Waals surface area contributed by atoms with Crippen molar-refractivity contribution in [2.75, 3.05) is 0 Å². The predicted molar refractivity (Wildman–Crippen MR) is 73.1 cm³/mol. The molecule has 2 rings (SSSR count). The van der Waals surface area contributed by atoms with E-state index in [1.807, 2.05) is 13.0 Å². The highest BCUT2D eigenvalue weighted by Gasteiger charge is 2.09. The molecule has 2 nitrogen and oxygen atoms in total. The maximum absolute atomic E-state index is 4.48. The first kappa shape index (κ1) is 11.9. The summed E-state index contributed by atoms with van der Waals surface area (Å²) in [6, 6.07) is 10.4. The van der Waals surface area contributed by atoms with Gasteiger partial charge in [-0.3, -0.25) is 0 Å². The van der Waals surface area contributed by atoms with Crippen molar-refractivity contribution in [2.45, 2.75) is 17.2 Å². The second-order valence-electron chi connectivity index (χ2n) is 3.63. The van der Waals surface area contributed by atoms with Crippen molar-refractivity contribution in [2.24, 2.45) is 0 Å². The summed E-state index contributed by atoms with van der Waals surface area (Å²) in [5, 5.41) is 0. The van der Waals surface area contributed by atoms with Gasteiger partial charge in [-0.15, -0.1) is 0 Å². The van der Waals surface area contributed by atoms with Crippen molar-refractivity contribution < 1.29 is 0 Å². The molecule has 0 amide bonds. The van der Waals surface area contributed by atoms with Crippen molar-refractivity contribution in [1.29, 1.82) is 0 Å². The number of rotatable bonds is 3. The highest BCUT2D eigenvalue weighted by molar-refractivity contribution is 9.24. The normalized spacial score (nSPS) is 11.0. The van der Waals surface area contributed by atoms with Crippen LogP contribution >= 0.6 is 31.9 Å². The van der Waals surface area contributed by atoms with Gasteiger partial charge in [-0.25, -0.2) is 4.98 Å². The first-order chi connectivity index (χ1) is 7.66. The summed E-state index contributed by atoms with van der Waals surface area (Å²) >= 11 is 6.91. The van der Waals surface area contributed by atoms with E-state index < -0.39 is 0 Å². The molecule has 0 atom stereocenters. The first-order valence-electron chi connectivity index (χ1n) is 5.02. The number of aryl methyl sites for hydroxylation is 1. The number of hydrogen-bond acceptors (Lipinski definition) is 1. The third-order valence-electron chi connectivity index (χ3n) is 2.41. The predicted octanol–water partition coefficient (Wildman–Crippen LogP) is 4.03. The van der Waals surface area contributed by atoms with Gasteiger partial charge in [0.25, 0.3) is 0 Å². The highest BCUT2D eigenvalue weighted by Crippen LogP contribution is 2.28. The summed E-state index contributed by atoms with van der Waals surface area (Å²) < 4.78 is 2.27. The molecule has 16 heavy (non-hydrogen) atoms. The summed E-state index contributed by atoms with van der Waals surface area (Å²) in [7, 11) is 0. The van der Waals surface area contributed by atoms with Gasteiger partial charge in [-0.1, -0.05) is 62.2 Å². The molecule has 4 heteroatoms. The Bertz CT molecular complexity index is 463. The van der Waals surface area contributed by atoms with Gasteiger partial charge < -0.3 is 4.57 Å². The minimum atomic E-state index is 0.121. The molecule has 1 aromatic heterocycles. The van der Waals surface area contributed by atoms with E-state index >= 15 is 0 Å². The van der Waals surface area contributed by atoms with Gasteiger partial charge in [0, 0.05) is 12.7 Å². The average molecular weight is 344 g/mol. The van der Waals surface area contributed by atoms with Crippen LogP contribution in [0.3, 0.4) is 0 Å². The SMILES string of the molecule is Cc1nc(C(Br)Br)cn1Cc1ccccc1. The fourth-order valence-electron chi connectivity index (χ4n) is 1.58. The molecule has 0 radical (unpaired) electrons. The van der Waals surface area contributed by atoms with E-state index in [0.29, 0.717) is 0 Å². The number of alkyl halides is 2. The zero-order valence-electron chi connectivity index (χ0n) is 8.90. The lowest BCUT2D eigenvalue weighted by atomic mass is 10.2. The van der Waals surface area contributed by atoms with Crippen LogP contribution in [-0.4, -0.2) is 9.55 Å². The van der Waals surface area contributed by atoms with Gasteiger partial charge >= 0.3 is 0 Å². The number of nitrogens with zero attached hydrogens (tertiary/aromatic N) is 2. The monoisotopic (exact) mass is 342 g/mol. The van der Waals surface area contributed by atoms with Crippen LogP contribution in [0.1, 0.15) is 20.8 Å². The molecule has 2 aromatic rings. The standard InChI is InChI=1S/C12H12Br2N2/c1-9-15-11(12(13)14)8-16(9)7-10-5-3-2-4-6-10/h2-6,8,12H,7H2,1H3. The molecule has 84 valence electrons. The maximum Gasteiger partial charge on any atom is 0.113 e. The van der Waals surface area contributed by atoms with Crippen molar-refractivity contribution in [3.8, 4) is 0 Å². The minimum absolute atomic E-state index is 0.121. The maximum atomic E-state index is 4.48. The summed E-state index contributed by atoms with van der Waals surface area (Å²) in [6.07, 6.45) is 2.07. The number of hydrogen-bond donors (Lipinski definition) is 0. The number of aromatic nitrogens is 2. The summed E-state index contributed by atoms with van der Waals surface area (Å²) in [4.78, 5) is 4.48. The van der Waals surface area contributed by atoms with Crippen LogP contribution in [0.15, 0.2) is 36.5 Å². The molecular formula is C12H12Br2N2. The summed E-state index contributed by atoms with van der Waals surface area (Å²) in [6.45, 7) is 2.89. The quantitative estimate of drug-likeness (QED) is 0.769. The third kappa shape index (κ3) is 2.74. The van der Waals surface area contributed by atoms with Gasteiger partial charge in [0.05, 0.1) is 5.69 Å². The molecule has 0 aliphatic heterocycles. The number of halogens is 2. The molecule has 0 unspecified atom stereocenters. The van der Waals surface area contributed by atoms with Crippen LogP contribution in [0.2, 0.25) is 0 Å². The summed E-state index contributed by atoms with van der Waals surface area (Å²) in [5.41, 5.74) is 2.30. The second-order valence-corrected chi connectivity index (χ2v) is 6.69. The van der Waals surface area contributed by atoms with Crippen LogP contribution in [-0.2, 0) is 6.54 Å². The molecule has 0 saturated carbocycles. The van der Waals surface area contributed by atoms with Gasteiger partial charge in [-0.2, -0.15) is 0 Å². The lowest BCUT2D eigenvalue weighted by Crippen LogP contribution is -2.00. The Balaban J connectivity index is 2.22. The van der Waals surface area contributed by atoms with E-state index in [9.17, 15) is 0 Å². The first-order valence-corrected chi connectivity index (χ1v) is 6.85. The van der Waals surface area contributed by atoms with Crippen LogP contribution in [0, 0.1) is 6.92 Å². The van der Waals surface area contributed by atoms with Crippen LogP contribution in [0.5, 0.6) is 0 Å². The minimum Gasteiger partial charge on any atom is -0.330 e. The Morgan fingerprint density at radius 1 is 1.25 bits per heavy atom. The fraction of sp³-hybridized carbons (Fsp3) is 0.250. The Morgan fingerprint density at radius 2 is 1.94 bits per heavy atom. The average Bonchev–Trinajstić information content (AvgIpc) is 2.62. The molecule has 0 N–H and O–H groups in total. The molecule has 1 heterocycles. The molecular weight excluding hydrogens is 332 g/mol. The molecule has 1 aromatic carbocycles. The Hall–Kier alpha value is -0.610. The van der Waals surface area contributed by atoms with Crippen LogP contribution in [0.25, 0.3) is 0 Å². The molecule has 0 aliphatic carbocycles. The van der Waals surface area contributed by atoms with Crippen molar-refractivity contribution >= 4 is 31.9 Å². The van der Waals surface area contributed by atoms with Gasteiger partial charge in [0.15, 0.2) is 0 Å². The molecule has 0 spiro atoms. The topological polar surface area (TPSA) is 17.8 Å². The number of benzene rings is 1. The third-order valence-corrected chi connectivity index (χ3v) is 3.35. The van der Waals surface area contributed by atoms with E-state index in [-0.39, 0.29) is 3.74 Å². The largest absolute Gasteiger partial charge is 0.330 e. The van der Waals surface area contributed by atoms with Crippen LogP contribution in [0.4, 0.5) is 0 Å². The zero-order chi connectivity index (χ0) is 11.5. The van der Waals surface area contributed by atoms with Gasteiger partial charge in [0.1, 0.15) is 9.56 Å². The fourth-order valence-corrected chi connectivity index (χ4v) is 2.02. The number of imidazole rings is 1. The van der Waals surface area contributed by atoms with Gasteiger partial charge in [-0.05, 0) is 12.5 Å². The van der Waals surface area contributed by atoms with Crippen molar-refractivity contribution in [3.63, 3.8) is 0 Å². The van der Waals surface area contributed by atoms with Crippen LogP contribution < -0.4 is 0 Å². The van der Waals surface area contributed by atoms with Crippen molar-refractivity contribution in [1.82, 2.24) is 9.55 Å². The van der Waals surface area contributed by atoms with E-state index in [2.05, 4.69) is 71.9 Å². The lowest BCUT2D eigenvalue weighted by Gasteiger charge is -2.04.